The van der Waals surface area contributed by atoms with Crippen molar-refractivity contribution < 1.29 is 9.47 Å². The molecule has 4 nitrogen and oxygen atoms in total. The van der Waals surface area contributed by atoms with Crippen molar-refractivity contribution >= 4 is 17.2 Å². The molecule has 0 radical (unpaired) electrons. The first-order valence-corrected chi connectivity index (χ1v) is 7.30. The molecule has 0 heterocycles. The van der Waals surface area contributed by atoms with Crippen LogP contribution in [0.3, 0.4) is 0 Å². The molecule has 0 atom stereocenters. The molecule has 0 aromatic heterocycles. The molecule has 1 aromatic carbocycles. The summed E-state index contributed by atoms with van der Waals surface area (Å²) in [5.41, 5.74) is 7.70. The van der Waals surface area contributed by atoms with E-state index in [9.17, 15) is 0 Å². The standard InChI is InChI=1S/C15H24N2O2S/c1-4-17(8-9-19-5-2)11-12-6-7-14(18-3)13(10-12)15(16)20/h6-7,10H,4-5,8-9,11H2,1-3H3,(H2,16,20). The lowest BCUT2D eigenvalue weighted by molar-refractivity contribution is 0.113. The monoisotopic (exact) mass is 296 g/mol. The second-order valence-corrected chi connectivity index (χ2v) is 4.90. The van der Waals surface area contributed by atoms with Gasteiger partial charge in [-0.15, -0.1) is 0 Å². The molecule has 0 spiro atoms. The van der Waals surface area contributed by atoms with Crippen LogP contribution in [0.1, 0.15) is 25.0 Å². The highest BCUT2D eigenvalue weighted by Gasteiger charge is 2.09. The molecule has 0 aliphatic rings. The highest BCUT2D eigenvalue weighted by molar-refractivity contribution is 7.80. The Balaban J connectivity index is 2.75. The molecule has 2 N–H and O–H groups in total. The minimum absolute atomic E-state index is 0.362. The van der Waals surface area contributed by atoms with E-state index in [0.717, 1.165) is 44.2 Å². The van der Waals surface area contributed by atoms with E-state index in [4.69, 9.17) is 27.4 Å². The molecule has 0 bridgehead atoms. The zero-order valence-electron chi connectivity index (χ0n) is 12.5. The molecule has 0 aliphatic carbocycles. The number of nitrogens with zero attached hydrogens (tertiary/aromatic N) is 1. The number of benzene rings is 1. The summed E-state index contributed by atoms with van der Waals surface area (Å²) in [7, 11) is 1.62. The number of rotatable bonds is 9. The van der Waals surface area contributed by atoms with Crippen LogP contribution in [0.5, 0.6) is 5.75 Å². The largest absolute Gasteiger partial charge is 0.496 e. The summed E-state index contributed by atoms with van der Waals surface area (Å²) in [6.45, 7) is 8.40. The smallest absolute Gasteiger partial charge is 0.129 e. The van der Waals surface area contributed by atoms with Crippen LogP contribution in [0.25, 0.3) is 0 Å². The van der Waals surface area contributed by atoms with Crippen molar-refractivity contribution in [2.45, 2.75) is 20.4 Å². The minimum Gasteiger partial charge on any atom is -0.496 e. The van der Waals surface area contributed by atoms with E-state index in [1.807, 2.05) is 25.1 Å². The molecule has 0 aliphatic heterocycles. The number of likely N-dealkylation sites (N-methyl/N-ethyl adjacent to an activating group) is 1. The van der Waals surface area contributed by atoms with Gasteiger partial charge < -0.3 is 15.2 Å². The third-order valence-electron chi connectivity index (χ3n) is 3.14. The average Bonchev–Trinajstić information content (AvgIpc) is 2.46. The van der Waals surface area contributed by atoms with Gasteiger partial charge in [0.05, 0.1) is 19.3 Å². The molecule has 0 unspecified atom stereocenters. The molecule has 20 heavy (non-hydrogen) atoms. The van der Waals surface area contributed by atoms with Gasteiger partial charge in [-0.25, -0.2) is 0 Å². The van der Waals surface area contributed by atoms with Crippen molar-refractivity contribution in [1.29, 1.82) is 0 Å². The summed E-state index contributed by atoms with van der Waals surface area (Å²) in [6, 6.07) is 5.97. The third kappa shape index (κ3) is 5.07. The number of methoxy groups -OCH3 is 1. The SMILES string of the molecule is CCOCCN(CC)Cc1ccc(OC)c(C(N)=S)c1. The second-order valence-electron chi connectivity index (χ2n) is 4.46. The van der Waals surface area contributed by atoms with E-state index >= 15 is 0 Å². The molecule has 1 rings (SSSR count). The number of hydrogen-bond donors (Lipinski definition) is 1. The zero-order valence-corrected chi connectivity index (χ0v) is 13.3. The van der Waals surface area contributed by atoms with E-state index in [2.05, 4.69) is 11.8 Å². The Morgan fingerprint density at radius 3 is 2.65 bits per heavy atom. The van der Waals surface area contributed by atoms with E-state index in [1.54, 1.807) is 7.11 Å². The van der Waals surface area contributed by atoms with Gasteiger partial charge in [-0.1, -0.05) is 25.2 Å². The second kappa shape index (κ2) is 8.89. The summed E-state index contributed by atoms with van der Waals surface area (Å²) < 4.78 is 10.7. The van der Waals surface area contributed by atoms with Gasteiger partial charge in [0, 0.05) is 19.7 Å². The summed E-state index contributed by atoms with van der Waals surface area (Å²) in [5, 5.41) is 0. The van der Waals surface area contributed by atoms with E-state index in [0.29, 0.717) is 4.99 Å². The third-order valence-corrected chi connectivity index (χ3v) is 3.36. The van der Waals surface area contributed by atoms with E-state index in [-0.39, 0.29) is 0 Å². The summed E-state index contributed by atoms with van der Waals surface area (Å²) >= 11 is 5.07. The highest BCUT2D eigenvalue weighted by atomic mass is 32.1. The van der Waals surface area contributed by atoms with Gasteiger partial charge in [0.25, 0.3) is 0 Å². The molecule has 0 amide bonds. The first kappa shape index (κ1) is 16.9. The molecule has 0 saturated heterocycles. The van der Waals surface area contributed by atoms with Gasteiger partial charge in [-0.05, 0) is 31.2 Å². The van der Waals surface area contributed by atoms with Crippen molar-refractivity contribution in [2.24, 2.45) is 5.73 Å². The molecule has 1 aromatic rings. The number of ether oxygens (including phenoxy) is 2. The van der Waals surface area contributed by atoms with Crippen LogP contribution >= 0.6 is 12.2 Å². The van der Waals surface area contributed by atoms with Crippen molar-refractivity contribution in [3.63, 3.8) is 0 Å². The summed E-state index contributed by atoms with van der Waals surface area (Å²) in [4.78, 5) is 2.68. The maximum atomic E-state index is 5.74. The maximum Gasteiger partial charge on any atom is 0.129 e. The Morgan fingerprint density at radius 1 is 1.35 bits per heavy atom. The molecule has 112 valence electrons. The molecular formula is C15H24N2O2S. The lowest BCUT2D eigenvalue weighted by atomic mass is 10.1. The Bertz CT molecular complexity index is 438. The quantitative estimate of drug-likeness (QED) is 0.559. The predicted molar refractivity (Wildman–Crippen MR) is 86.3 cm³/mol. The van der Waals surface area contributed by atoms with Gasteiger partial charge in [0.2, 0.25) is 0 Å². The van der Waals surface area contributed by atoms with Crippen LogP contribution in [0.4, 0.5) is 0 Å². The topological polar surface area (TPSA) is 47.7 Å². The van der Waals surface area contributed by atoms with Crippen LogP contribution in [0, 0.1) is 0 Å². The van der Waals surface area contributed by atoms with Gasteiger partial charge in [0.15, 0.2) is 0 Å². The highest BCUT2D eigenvalue weighted by Crippen LogP contribution is 2.20. The number of nitrogens with two attached hydrogens (primary N) is 1. The predicted octanol–water partition coefficient (Wildman–Crippen LogP) is 2.19. The van der Waals surface area contributed by atoms with Crippen LogP contribution in [0.15, 0.2) is 18.2 Å². The Kier molecular flexibility index (Phi) is 7.51. The van der Waals surface area contributed by atoms with Crippen LogP contribution in [-0.2, 0) is 11.3 Å². The van der Waals surface area contributed by atoms with Gasteiger partial charge >= 0.3 is 0 Å². The Labute approximate surface area is 126 Å². The van der Waals surface area contributed by atoms with Crippen molar-refractivity contribution in [3.8, 4) is 5.75 Å². The summed E-state index contributed by atoms with van der Waals surface area (Å²) in [6.07, 6.45) is 0. The Morgan fingerprint density at radius 2 is 2.10 bits per heavy atom. The van der Waals surface area contributed by atoms with E-state index < -0.39 is 0 Å². The lowest BCUT2D eigenvalue weighted by Gasteiger charge is -2.21. The number of thiocarbonyl (C=S) groups is 1. The minimum atomic E-state index is 0.362. The van der Waals surface area contributed by atoms with Crippen molar-refractivity contribution in [2.75, 3.05) is 33.4 Å². The lowest BCUT2D eigenvalue weighted by Crippen LogP contribution is -2.27. The molecular weight excluding hydrogens is 272 g/mol. The fourth-order valence-corrected chi connectivity index (χ4v) is 2.15. The number of hydrogen-bond acceptors (Lipinski definition) is 4. The zero-order chi connectivity index (χ0) is 15.0. The van der Waals surface area contributed by atoms with Crippen LogP contribution < -0.4 is 10.5 Å². The van der Waals surface area contributed by atoms with Crippen molar-refractivity contribution in [3.05, 3.63) is 29.3 Å². The molecule has 0 saturated carbocycles. The maximum absolute atomic E-state index is 5.74. The van der Waals surface area contributed by atoms with E-state index in [1.165, 1.54) is 5.56 Å². The van der Waals surface area contributed by atoms with Crippen LogP contribution in [0.2, 0.25) is 0 Å². The fraction of sp³-hybridized carbons (Fsp3) is 0.533. The van der Waals surface area contributed by atoms with Gasteiger partial charge in [0.1, 0.15) is 10.7 Å². The van der Waals surface area contributed by atoms with Crippen molar-refractivity contribution in [1.82, 2.24) is 4.90 Å². The fourth-order valence-electron chi connectivity index (χ4n) is 1.99. The van der Waals surface area contributed by atoms with Crippen LogP contribution in [-0.4, -0.2) is 43.3 Å². The summed E-state index contributed by atoms with van der Waals surface area (Å²) in [5.74, 6) is 0.721. The molecule has 0 fully saturated rings. The van der Waals surface area contributed by atoms with Gasteiger partial charge in [-0.2, -0.15) is 0 Å². The normalized spacial score (nSPS) is 10.8. The molecule has 5 heteroatoms. The average molecular weight is 296 g/mol. The van der Waals surface area contributed by atoms with Gasteiger partial charge in [-0.3, -0.25) is 4.90 Å². The Hall–Kier alpha value is -1.17. The first-order chi connectivity index (χ1) is 9.62. The first-order valence-electron chi connectivity index (χ1n) is 6.89.